The molecule has 1 heterocycles. The predicted molar refractivity (Wildman–Crippen MR) is 67.3 cm³/mol. The minimum Gasteiger partial charge on any atom is -0.393 e. The van der Waals surface area contributed by atoms with Crippen LogP contribution in [0.4, 0.5) is 0 Å². The zero-order valence-electron chi connectivity index (χ0n) is 8.60. The van der Waals surface area contributed by atoms with E-state index in [1.54, 1.807) is 4.90 Å². The average molecular weight is 242 g/mol. The third kappa shape index (κ3) is 3.60. The van der Waals surface area contributed by atoms with Crippen LogP contribution in [0.3, 0.4) is 0 Å². The van der Waals surface area contributed by atoms with Gasteiger partial charge in [-0.2, -0.15) is 11.3 Å². The van der Waals surface area contributed by atoms with Crippen molar-refractivity contribution in [3.8, 4) is 0 Å². The molecule has 5 heteroatoms. The molecular weight excluding hydrogens is 228 g/mol. The number of thiophene rings is 1. The van der Waals surface area contributed by atoms with Crippen molar-refractivity contribution in [1.29, 1.82) is 0 Å². The Bertz CT molecular complexity index is 335. The summed E-state index contributed by atoms with van der Waals surface area (Å²) in [4.78, 5) is 14.1. The van der Waals surface area contributed by atoms with Crippen molar-refractivity contribution in [2.45, 2.75) is 13.3 Å². The van der Waals surface area contributed by atoms with E-state index in [-0.39, 0.29) is 5.91 Å². The second-order valence-electron chi connectivity index (χ2n) is 3.11. The highest BCUT2D eigenvalue weighted by Gasteiger charge is 2.13. The number of hydrogen-bond donors (Lipinski definition) is 1. The van der Waals surface area contributed by atoms with E-state index in [4.69, 9.17) is 18.0 Å². The maximum atomic E-state index is 11.9. The summed E-state index contributed by atoms with van der Waals surface area (Å²) in [5, 5.41) is 3.75. The molecule has 0 aliphatic carbocycles. The number of hydrogen-bond acceptors (Lipinski definition) is 3. The first kappa shape index (κ1) is 12.1. The summed E-state index contributed by atoms with van der Waals surface area (Å²) < 4.78 is 0. The van der Waals surface area contributed by atoms with Crippen LogP contribution in [0.1, 0.15) is 23.7 Å². The fourth-order valence-corrected chi connectivity index (χ4v) is 1.94. The van der Waals surface area contributed by atoms with Gasteiger partial charge in [0.2, 0.25) is 0 Å². The molecule has 3 nitrogen and oxygen atoms in total. The van der Waals surface area contributed by atoms with Gasteiger partial charge in [0.05, 0.1) is 10.6 Å². The number of nitrogens with two attached hydrogens (primary N) is 1. The maximum Gasteiger partial charge on any atom is 0.254 e. The summed E-state index contributed by atoms with van der Waals surface area (Å²) >= 11 is 6.31. The quantitative estimate of drug-likeness (QED) is 0.802. The molecule has 0 unspecified atom stereocenters. The second-order valence-corrected chi connectivity index (χ2v) is 4.42. The molecule has 15 heavy (non-hydrogen) atoms. The Balaban J connectivity index is 2.59. The van der Waals surface area contributed by atoms with Gasteiger partial charge < -0.3 is 10.6 Å². The molecule has 0 aromatic carbocycles. The molecule has 82 valence electrons. The van der Waals surface area contributed by atoms with Crippen LogP contribution in [0.2, 0.25) is 0 Å². The molecule has 0 saturated carbocycles. The first-order valence-electron chi connectivity index (χ1n) is 4.75. The molecule has 0 aliphatic rings. The Hall–Kier alpha value is -0.940. The summed E-state index contributed by atoms with van der Waals surface area (Å²) in [6, 6.07) is 1.83. The number of thiocarbonyl (C=S) groups is 1. The molecule has 2 N–H and O–H groups in total. The molecule has 0 bridgehead atoms. The van der Waals surface area contributed by atoms with E-state index in [9.17, 15) is 4.79 Å². The monoisotopic (exact) mass is 242 g/mol. The highest BCUT2D eigenvalue weighted by atomic mass is 32.1. The SMILES string of the molecule is CCN(CCC(N)=S)C(=O)c1ccsc1. The molecule has 1 rings (SSSR count). The lowest BCUT2D eigenvalue weighted by Crippen LogP contribution is -2.33. The fourth-order valence-electron chi connectivity index (χ4n) is 1.22. The standard InChI is InChI=1S/C10H14N2OS2/c1-2-12(5-3-9(11)14)10(13)8-4-6-15-7-8/h4,6-7H,2-3,5H2,1H3,(H2,11,14). The summed E-state index contributed by atoms with van der Waals surface area (Å²) in [5.41, 5.74) is 6.15. The molecule has 0 atom stereocenters. The van der Waals surface area contributed by atoms with Crippen LogP contribution in [0.25, 0.3) is 0 Å². The van der Waals surface area contributed by atoms with Crippen molar-refractivity contribution in [3.63, 3.8) is 0 Å². The normalized spacial score (nSPS) is 9.93. The van der Waals surface area contributed by atoms with Crippen LogP contribution >= 0.6 is 23.6 Å². The van der Waals surface area contributed by atoms with Crippen LogP contribution in [0.15, 0.2) is 16.8 Å². The van der Waals surface area contributed by atoms with E-state index in [0.717, 1.165) is 5.56 Å². The van der Waals surface area contributed by atoms with E-state index in [0.29, 0.717) is 24.5 Å². The molecule has 1 aromatic rings. The second kappa shape index (κ2) is 5.82. The van der Waals surface area contributed by atoms with Gasteiger partial charge in [-0.1, -0.05) is 12.2 Å². The van der Waals surface area contributed by atoms with Crippen molar-refractivity contribution in [2.24, 2.45) is 5.73 Å². The molecule has 0 spiro atoms. The largest absolute Gasteiger partial charge is 0.393 e. The number of rotatable bonds is 5. The molecular formula is C10H14N2OS2. The molecule has 1 amide bonds. The summed E-state index contributed by atoms with van der Waals surface area (Å²) in [5.74, 6) is 0.0509. The summed E-state index contributed by atoms with van der Waals surface area (Å²) in [7, 11) is 0. The third-order valence-electron chi connectivity index (χ3n) is 2.07. The van der Waals surface area contributed by atoms with Crippen molar-refractivity contribution in [3.05, 3.63) is 22.4 Å². The minimum atomic E-state index is 0.0509. The maximum absolute atomic E-state index is 11.9. The van der Waals surface area contributed by atoms with Gasteiger partial charge in [0.1, 0.15) is 0 Å². The Morgan fingerprint density at radius 1 is 1.67 bits per heavy atom. The predicted octanol–water partition coefficient (Wildman–Crippen LogP) is 1.89. The Morgan fingerprint density at radius 2 is 2.40 bits per heavy atom. The van der Waals surface area contributed by atoms with Crippen molar-refractivity contribution < 1.29 is 4.79 Å². The van der Waals surface area contributed by atoms with Crippen LogP contribution in [-0.2, 0) is 0 Å². The topological polar surface area (TPSA) is 46.3 Å². The van der Waals surface area contributed by atoms with Gasteiger partial charge in [-0.05, 0) is 18.4 Å². The van der Waals surface area contributed by atoms with E-state index in [1.807, 2.05) is 23.8 Å². The average Bonchev–Trinajstić information content (AvgIpc) is 2.70. The van der Waals surface area contributed by atoms with E-state index < -0.39 is 0 Å². The van der Waals surface area contributed by atoms with Gasteiger partial charge in [0, 0.05) is 24.9 Å². The summed E-state index contributed by atoms with van der Waals surface area (Å²) in [6.07, 6.45) is 0.582. The number of carbonyl (C=O) groups excluding carboxylic acids is 1. The van der Waals surface area contributed by atoms with Gasteiger partial charge in [0.15, 0.2) is 0 Å². The van der Waals surface area contributed by atoms with Crippen LogP contribution in [-0.4, -0.2) is 28.9 Å². The molecule has 0 saturated heterocycles. The van der Waals surface area contributed by atoms with Gasteiger partial charge in [-0.3, -0.25) is 4.79 Å². The Morgan fingerprint density at radius 3 is 2.87 bits per heavy atom. The zero-order valence-corrected chi connectivity index (χ0v) is 10.2. The lowest BCUT2D eigenvalue weighted by atomic mass is 10.2. The lowest BCUT2D eigenvalue weighted by molar-refractivity contribution is 0.0769. The van der Waals surface area contributed by atoms with Crippen LogP contribution < -0.4 is 5.73 Å². The van der Waals surface area contributed by atoms with Gasteiger partial charge in [-0.25, -0.2) is 0 Å². The Kier molecular flexibility index (Phi) is 4.71. The lowest BCUT2D eigenvalue weighted by Gasteiger charge is -2.19. The van der Waals surface area contributed by atoms with Crippen LogP contribution in [0.5, 0.6) is 0 Å². The van der Waals surface area contributed by atoms with Crippen molar-refractivity contribution >= 4 is 34.5 Å². The molecule has 0 radical (unpaired) electrons. The number of carbonyl (C=O) groups is 1. The number of nitrogens with zero attached hydrogens (tertiary/aromatic N) is 1. The summed E-state index contributed by atoms with van der Waals surface area (Å²) in [6.45, 7) is 3.22. The highest BCUT2D eigenvalue weighted by Crippen LogP contribution is 2.09. The fraction of sp³-hybridized carbons (Fsp3) is 0.400. The third-order valence-corrected chi connectivity index (χ3v) is 2.95. The molecule has 0 aliphatic heterocycles. The molecule has 1 aromatic heterocycles. The first-order chi connectivity index (χ1) is 7.15. The first-order valence-corrected chi connectivity index (χ1v) is 6.10. The van der Waals surface area contributed by atoms with E-state index in [1.165, 1.54) is 11.3 Å². The van der Waals surface area contributed by atoms with Gasteiger partial charge >= 0.3 is 0 Å². The molecule has 0 fully saturated rings. The number of amides is 1. The Labute approximate surface area is 98.9 Å². The van der Waals surface area contributed by atoms with Gasteiger partial charge in [0.25, 0.3) is 5.91 Å². The highest BCUT2D eigenvalue weighted by molar-refractivity contribution is 7.80. The smallest absolute Gasteiger partial charge is 0.254 e. The van der Waals surface area contributed by atoms with E-state index in [2.05, 4.69) is 0 Å². The minimum absolute atomic E-state index is 0.0509. The van der Waals surface area contributed by atoms with Crippen molar-refractivity contribution in [2.75, 3.05) is 13.1 Å². The van der Waals surface area contributed by atoms with Crippen molar-refractivity contribution in [1.82, 2.24) is 4.90 Å². The zero-order chi connectivity index (χ0) is 11.3. The van der Waals surface area contributed by atoms with E-state index >= 15 is 0 Å². The van der Waals surface area contributed by atoms with Gasteiger partial charge in [-0.15, -0.1) is 0 Å². The van der Waals surface area contributed by atoms with Crippen LogP contribution in [0, 0.1) is 0 Å².